The van der Waals surface area contributed by atoms with E-state index in [2.05, 4.69) is 19.1 Å². The Labute approximate surface area is 63.7 Å². The second-order valence-corrected chi connectivity index (χ2v) is 2.81. The van der Waals surface area contributed by atoms with E-state index in [1.54, 1.807) is 0 Å². The summed E-state index contributed by atoms with van der Waals surface area (Å²) in [6.07, 6.45) is 0. The van der Waals surface area contributed by atoms with Crippen molar-refractivity contribution in [2.24, 2.45) is 0 Å². The lowest BCUT2D eigenvalue weighted by Crippen LogP contribution is -2.11. The maximum Gasteiger partial charge on any atom is -0.0398 e. The van der Waals surface area contributed by atoms with E-state index in [1.165, 1.54) is 16.7 Å². The van der Waals surface area contributed by atoms with Crippen molar-refractivity contribution in [2.75, 3.05) is 0 Å². The summed E-state index contributed by atoms with van der Waals surface area (Å²) in [6, 6.07) is 4.20. The summed E-state index contributed by atoms with van der Waals surface area (Å²) >= 11 is 0. The maximum atomic E-state index is 5.75. The molecule has 0 bridgehead atoms. The highest BCUT2D eigenvalue weighted by Crippen LogP contribution is 2.03. The molecule has 0 nitrogen and oxygen atoms in total. The normalized spacial score (nSPS) is 10.0. The van der Waals surface area contributed by atoms with Crippen molar-refractivity contribution in [1.29, 1.82) is 0 Å². The van der Waals surface area contributed by atoms with Crippen molar-refractivity contribution in [3.8, 4) is 0 Å². The lowest BCUT2D eigenvalue weighted by Gasteiger charge is -2.17. The monoisotopic (exact) mass is 130 g/mol. The van der Waals surface area contributed by atoms with Crippen molar-refractivity contribution in [1.82, 2.24) is 0 Å². The van der Waals surface area contributed by atoms with E-state index in [9.17, 15) is 0 Å². The van der Waals surface area contributed by atoms with E-state index in [1.807, 2.05) is 13.8 Å². The van der Waals surface area contributed by atoms with Gasteiger partial charge in [0, 0.05) is 0 Å². The standard InChI is InChI=1S/C9H11B/c1-6-4-7(2)9(10)8(3)5-6/h4-5H,1-3H3/q-1. The second-order valence-electron chi connectivity index (χ2n) is 2.81. The molecular weight excluding hydrogens is 119 g/mol. The van der Waals surface area contributed by atoms with Crippen molar-refractivity contribution in [3.05, 3.63) is 28.8 Å². The maximum absolute atomic E-state index is 5.75. The molecular formula is C9H11B-. The van der Waals surface area contributed by atoms with Crippen molar-refractivity contribution >= 4 is 13.3 Å². The molecule has 0 N–H and O–H groups in total. The van der Waals surface area contributed by atoms with Crippen LogP contribution in [0.5, 0.6) is 0 Å². The van der Waals surface area contributed by atoms with E-state index in [-0.39, 0.29) is 0 Å². The molecule has 1 aromatic rings. The number of hydrogen-bond donors (Lipinski definition) is 0. The van der Waals surface area contributed by atoms with Crippen LogP contribution in [0.4, 0.5) is 0 Å². The molecule has 0 spiro atoms. The van der Waals surface area contributed by atoms with Crippen LogP contribution in [0.1, 0.15) is 16.7 Å². The fourth-order valence-electron chi connectivity index (χ4n) is 1.19. The summed E-state index contributed by atoms with van der Waals surface area (Å²) in [5.74, 6) is 0. The summed E-state index contributed by atoms with van der Waals surface area (Å²) in [5.41, 5.74) is 4.56. The molecule has 1 rings (SSSR count). The molecule has 51 valence electrons. The van der Waals surface area contributed by atoms with Crippen LogP contribution in [0.25, 0.3) is 0 Å². The SMILES string of the molecule is [B-]c1c(C)cc(C)cc1C. The van der Waals surface area contributed by atoms with Gasteiger partial charge in [0.1, 0.15) is 0 Å². The zero-order valence-electron chi connectivity index (χ0n) is 6.73. The van der Waals surface area contributed by atoms with E-state index < -0.39 is 0 Å². The number of rotatable bonds is 0. The minimum Gasteiger partial charge on any atom is -0.580 e. The van der Waals surface area contributed by atoms with Crippen LogP contribution in [-0.2, 0) is 0 Å². The first-order valence-corrected chi connectivity index (χ1v) is 3.44. The average Bonchev–Trinajstić information content (AvgIpc) is 1.82. The van der Waals surface area contributed by atoms with Gasteiger partial charge in [0.15, 0.2) is 0 Å². The van der Waals surface area contributed by atoms with Crippen LogP contribution in [0.15, 0.2) is 12.1 Å². The fourth-order valence-corrected chi connectivity index (χ4v) is 1.19. The second kappa shape index (κ2) is 2.49. The summed E-state index contributed by atoms with van der Waals surface area (Å²) in [6.45, 7) is 6.16. The summed E-state index contributed by atoms with van der Waals surface area (Å²) < 4.78 is 0. The van der Waals surface area contributed by atoms with Crippen LogP contribution >= 0.6 is 0 Å². The van der Waals surface area contributed by atoms with Crippen LogP contribution in [0.2, 0.25) is 0 Å². The molecule has 0 amide bonds. The Morgan fingerprint density at radius 3 is 1.80 bits per heavy atom. The smallest absolute Gasteiger partial charge is 0.0398 e. The van der Waals surface area contributed by atoms with Gasteiger partial charge in [0.2, 0.25) is 0 Å². The molecule has 0 aliphatic heterocycles. The van der Waals surface area contributed by atoms with Crippen LogP contribution in [0, 0.1) is 20.8 Å². The number of hydrogen-bond acceptors (Lipinski definition) is 0. The van der Waals surface area contributed by atoms with Crippen molar-refractivity contribution < 1.29 is 0 Å². The quantitative estimate of drug-likeness (QED) is 0.465. The van der Waals surface area contributed by atoms with E-state index in [4.69, 9.17) is 7.85 Å². The highest BCUT2D eigenvalue weighted by atomic mass is 14.0. The lowest BCUT2D eigenvalue weighted by molar-refractivity contribution is 1.35. The van der Waals surface area contributed by atoms with Gasteiger partial charge in [-0.2, -0.15) is 0 Å². The Morgan fingerprint density at radius 1 is 1.00 bits per heavy atom. The van der Waals surface area contributed by atoms with Gasteiger partial charge in [0.25, 0.3) is 0 Å². The van der Waals surface area contributed by atoms with Crippen LogP contribution in [-0.4, -0.2) is 7.85 Å². The van der Waals surface area contributed by atoms with E-state index in [0.29, 0.717) is 0 Å². The number of benzene rings is 1. The minimum atomic E-state index is 0.922. The fraction of sp³-hybridized carbons (Fsp3) is 0.333. The Kier molecular flexibility index (Phi) is 1.84. The van der Waals surface area contributed by atoms with Gasteiger partial charge in [-0.15, -0.1) is 0 Å². The molecule has 1 aromatic carbocycles. The third-order valence-corrected chi connectivity index (χ3v) is 1.74. The highest BCUT2D eigenvalue weighted by molar-refractivity contribution is 6.34. The molecule has 1 heteroatoms. The Hall–Kier alpha value is -0.715. The molecule has 0 aliphatic rings. The molecule has 10 heavy (non-hydrogen) atoms. The zero-order chi connectivity index (χ0) is 7.72. The summed E-state index contributed by atoms with van der Waals surface area (Å²) in [4.78, 5) is 0. The summed E-state index contributed by atoms with van der Waals surface area (Å²) in [7, 11) is 5.75. The van der Waals surface area contributed by atoms with Gasteiger partial charge in [0.05, 0.1) is 0 Å². The molecule has 0 saturated carbocycles. The topological polar surface area (TPSA) is 0 Å². The number of aryl methyl sites for hydroxylation is 3. The average molecular weight is 130 g/mol. The van der Waals surface area contributed by atoms with Gasteiger partial charge >= 0.3 is 0 Å². The first kappa shape index (κ1) is 7.39. The molecule has 0 aliphatic carbocycles. The Bertz CT molecular complexity index is 228. The molecule has 0 aromatic heterocycles. The molecule has 0 unspecified atom stereocenters. The first-order chi connectivity index (χ1) is 4.61. The summed E-state index contributed by atoms with van der Waals surface area (Å²) in [5, 5.41) is 0. The van der Waals surface area contributed by atoms with Gasteiger partial charge in [-0.1, -0.05) is 28.8 Å². The van der Waals surface area contributed by atoms with Crippen LogP contribution < -0.4 is 5.46 Å². The van der Waals surface area contributed by atoms with Crippen molar-refractivity contribution in [3.63, 3.8) is 0 Å². The van der Waals surface area contributed by atoms with E-state index in [0.717, 1.165) is 5.46 Å². The largest absolute Gasteiger partial charge is 0.580 e. The third kappa shape index (κ3) is 1.23. The molecule has 0 heterocycles. The minimum absolute atomic E-state index is 0.922. The lowest BCUT2D eigenvalue weighted by atomic mass is 9.86. The molecule has 0 saturated heterocycles. The predicted octanol–water partition coefficient (Wildman–Crippen LogP) is 1.41. The molecule has 0 atom stereocenters. The highest BCUT2D eigenvalue weighted by Gasteiger charge is 1.87. The Morgan fingerprint density at radius 2 is 1.40 bits per heavy atom. The van der Waals surface area contributed by atoms with Gasteiger partial charge in [-0.3, -0.25) is 0 Å². The van der Waals surface area contributed by atoms with Crippen LogP contribution in [0.3, 0.4) is 0 Å². The van der Waals surface area contributed by atoms with Crippen molar-refractivity contribution in [2.45, 2.75) is 20.8 Å². The van der Waals surface area contributed by atoms with Gasteiger partial charge in [-0.25, -0.2) is 0 Å². The first-order valence-electron chi connectivity index (χ1n) is 3.44. The third-order valence-electron chi connectivity index (χ3n) is 1.74. The molecule has 0 fully saturated rings. The van der Waals surface area contributed by atoms with E-state index >= 15 is 0 Å². The predicted molar refractivity (Wildman–Crippen MR) is 46.0 cm³/mol. The zero-order valence-corrected chi connectivity index (χ0v) is 6.73. The van der Waals surface area contributed by atoms with Gasteiger partial charge in [-0.05, 0) is 20.8 Å². The Balaban J connectivity index is 3.31. The molecule has 3 radical (unpaired) electrons. The van der Waals surface area contributed by atoms with Gasteiger partial charge < -0.3 is 13.3 Å².